The third-order valence-electron chi connectivity index (χ3n) is 8.03. The molecule has 0 spiro atoms. The van der Waals surface area contributed by atoms with Crippen LogP contribution in [0.3, 0.4) is 0 Å². The number of benzene rings is 1. The van der Waals surface area contributed by atoms with Gasteiger partial charge in [-0.1, -0.05) is 20.3 Å². The average Bonchev–Trinajstić information content (AvgIpc) is 3.64. The monoisotopic (exact) mass is 609 g/mol. The summed E-state index contributed by atoms with van der Waals surface area (Å²) in [5.74, 6) is -0.911. The van der Waals surface area contributed by atoms with Crippen molar-refractivity contribution >= 4 is 34.7 Å². The van der Waals surface area contributed by atoms with Crippen molar-refractivity contribution in [2.75, 3.05) is 26.2 Å². The maximum atomic E-state index is 13.1. The van der Waals surface area contributed by atoms with E-state index < -0.39 is 6.04 Å². The van der Waals surface area contributed by atoms with Gasteiger partial charge in [-0.3, -0.25) is 28.4 Å². The molecule has 2 atom stereocenters. The number of imidazole rings is 1. The van der Waals surface area contributed by atoms with Crippen molar-refractivity contribution in [3.63, 3.8) is 0 Å². The fourth-order valence-electron chi connectivity index (χ4n) is 5.29. The Balaban J connectivity index is 1.48. The minimum atomic E-state index is -0.688. The predicted octanol–water partition coefficient (Wildman–Crippen LogP) is 1.18. The van der Waals surface area contributed by atoms with Crippen molar-refractivity contribution in [3.05, 3.63) is 46.9 Å². The van der Waals surface area contributed by atoms with Gasteiger partial charge in [-0.15, -0.1) is 0 Å². The highest BCUT2D eigenvalue weighted by molar-refractivity contribution is 5.97. The van der Waals surface area contributed by atoms with E-state index in [-0.39, 0.29) is 41.7 Å². The largest absolute Gasteiger partial charge is 0.354 e. The van der Waals surface area contributed by atoms with Gasteiger partial charge < -0.3 is 25.8 Å². The number of nitrogens with one attached hydrogen (secondary N) is 4. The van der Waals surface area contributed by atoms with Crippen molar-refractivity contribution < 1.29 is 19.2 Å². The zero-order valence-corrected chi connectivity index (χ0v) is 25.5. The lowest BCUT2D eigenvalue weighted by molar-refractivity contribution is -0.132. The lowest BCUT2D eigenvalue weighted by Gasteiger charge is -2.25. The second-order valence-corrected chi connectivity index (χ2v) is 11.2. The summed E-state index contributed by atoms with van der Waals surface area (Å²) in [6.07, 6.45) is 6.28. The Morgan fingerprint density at radius 1 is 1.05 bits per heavy atom. The molecular formula is C30H43N9O5. The van der Waals surface area contributed by atoms with Crippen LogP contribution in [0, 0.1) is 5.92 Å². The first kappa shape index (κ1) is 32.4. The van der Waals surface area contributed by atoms with Crippen LogP contribution in [0.5, 0.6) is 0 Å². The average molecular weight is 610 g/mol. The SMILES string of the molecule is CC[C@H](C)[C@@H]1NC(=O)CCCN(C(=O)CCCn2cncn2)CCCNC(=O)c2ccc3[nH]c(=O)n(c3c2)CCCNC1=O. The van der Waals surface area contributed by atoms with Crippen LogP contribution in [0.15, 0.2) is 35.6 Å². The normalized spacial score (nSPS) is 18.7. The Bertz CT molecular complexity index is 1480. The Morgan fingerprint density at radius 3 is 2.59 bits per heavy atom. The molecule has 0 fully saturated rings. The van der Waals surface area contributed by atoms with Gasteiger partial charge in [0.25, 0.3) is 5.91 Å². The summed E-state index contributed by atoms with van der Waals surface area (Å²) in [7, 11) is 0. The summed E-state index contributed by atoms with van der Waals surface area (Å²) in [5.41, 5.74) is 1.35. The number of amides is 4. The van der Waals surface area contributed by atoms with E-state index in [1.165, 1.54) is 6.33 Å². The second kappa shape index (κ2) is 15.8. The lowest BCUT2D eigenvalue weighted by atomic mass is 9.98. The Kier molecular flexibility index (Phi) is 11.7. The number of aryl methyl sites for hydroxylation is 2. The number of nitrogens with zero attached hydrogens (tertiary/aromatic N) is 5. The van der Waals surface area contributed by atoms with Gasteiger partial charge in [0.15, 0.2) is 0 Å². The van der Waals surface area contributed by atoms with Crippen LogP contribution in [-0.2, 0) is 27.5 Å². The van der Waals surface area contributed by atoms with Crippen molar-refractivity contribution in [2.24, 2.45) is 5.92 Å². The van der Waals surface area contributed by atoms with E-state index in [1.807, 2.05) is 13.8 Å². The number of H-pyrrole nitrogens is 1. The van der Waals surface area contributed by atoms with E-state index in [2.05, 4.69) is 31.0 Å². The standard InChI is InChI=1S/C30H43N9O5/c1-3-21(2)27-29(43)33-13-7-17-39-24-18-22(10-11-23(24)35-30(39)44)28(42)32-12-6-15-37(14-4-8-25(40)36-27)26(41)9-5-16-38-20-31-19-34-38/h10-11,18-21,27H,3-9,12-17H2,1-2H3,(H,32,42)(H,33,43)(H,35,44)(H,36,40)/t21-,27-/m0/s1. The first-order valence-corrected chi connectivity index (χ1v) is 15.4. The van der Waals surface area contributed by atoms with Gasteiger partial charge in [0.05, 0.1) is 11.0 Å². The van der Waals surface area contributed by atoms with Gasteiger partial charge in [0.2, 0.25) is 17.7 Å². The minimum Gasteiger partial charge on any atom is -0.354 e. The van der Waals surface area contributed by atoms with Crippen LogP contribution >= 0.6 is 0 Å². The minimum absolute atomic E-state index is 0.0389. The molecule has 3 heterocycles. The van der Waals surface area contributed by atoms with Crippen LogP contribution < -0.4 is 21.6 Å². The molecule has 3 aromatic rings. The number of carbonyl (C=O) groups excluding carboxylic acids is 4. The molecule has 0 radical (unpaired) electrons. The summed E-state index contributed by atoms with van der Waals surface area (Å²) in [4.78, 5) is 73.1. The summed E-state index contributed by atoms with van der Waals surface area (Å²) in [6.45, 7) is 6.25. The predicted molar refractivity (Wildman–Crippen MR) is 164 cm³/mol. The molecule has 2 bridgehead atoms. The van der Waals surface area contributed by atoms with Gasteiger partial charge in [-0.25, -0.2) is 9.78 Å². The molecule has 238 valence electrons. The van der Waals surface area contributed by atoms with Gasteiger partial charge in [0.1, 0.15) is 18.7 Å². The van der Waals surface area contributed by atoms with E-state index in [9.17, 15) is 24.0 Å². The van der Waals surface area contributed by atoms with Crippen LogP contribution in [0.4, 0.5) is 0 Å². The molecule has 44 heavy (non-hydrogen) atoms. The van der Waals surface area contributed by atoms with Crippen LogP contribution in [0.1, 0.15) is 69.2 Å². The van der Waals surface area contributed by atoms with E-state index in [4.69, 9.17) is 0 Å². The number of fused-ring (bicyclic) bond motifs is 1. The van der Waals surface area contributed by atoms with Gasteiger partial charge in [0, 0.05) is 57.7 Å². The molecule has 1 aliphatic rings. The van der Waals surface area contributed by atoms with Gasteiger partial charge in [-0.2, -0.15) is 5.10 Å². The molecule has 4 amide bonds. The van der Waals surface area contributed by atoms with Crippen LogP contribution in [0.2, 0.25) is 0 Å². The molecule has 4 N–H and O–H groups in total. The van der Waals surface area contributed by atoms with E-state index in [0.717, 1.165) is 0 Å². The van der Waals surface area contributed by atoms with Crippen molar-refractivity contribution in [3.8, 4) is 0 Å². The third kappa shape index (κ3) is 8.77. The molecular weight excluding hydrogens is 566 g/mol. The number of aromatic amines is 1. The Hall–Kier alpha value is -4.49. The summed E-state index contributed by atoms with van der Waals surface area (Å²) in [6, 6.07) is 4.37. The van der Waals surface area contributed by atoms with Gasteiger partial charge >= 0.3 is 5.69 Å². The second-order valence-electron chi connectivity index (χ2n) is 11.2. The third-order valence-corrected chi connectivity index (χ3v) is 8.03. The first-order valence-electron chi connectivity index (χ1n) is 15.4. The molecule has 14 nitrogen and oxygen atoms in total. The molecule has 0 aliphatic carbocycles. The van der Waals surface area contributed by atoms with Gasteiger partial charge in [-0.05, 0) is 49.8 Å². The fourth-order valence-corrected chi connectivity index (χ4v) is 5.29. The summed E-state index contributed by atoms with van der Waals surface area (Å²) in [5, 5.41) is 12.8. The Labute approximate surface area is 256 Å². The van der Waals surface area contributed by atoms with Crippen LogP contribution in [0.25, 0.3) is 11.0 Å². The van der Waals surface area contributed by atoms with E-state index in [1.54, 1.807) is 38.7 Å². The molecule has 1 aliphatic heterocycles. The number of hydrogen-bond acceptors (Lipinski definition) is 7. The van der Waals surface area contributed by atoms with E-state index >= 15 is 0 Å². The highest BCUT2D eigenvalue weighted by Crippen LogP contribution is 2.14. The molecule has 0 saturated carbocycles. The molecule has 0 saturated heterocycles. The molecule has 14 heteroatoms. The topological polar surface area (TPSA) is 176 Å². The number of hydrogen-bond donors (Lipinski definition) is 4. The quantitative estimate of drug-likeness (QED) is 0.324. The van der Waals surface area contributed by atoms with Crippen molar-refractivity contribution in [1.29, 1.82) is 0 Å². The maximum absolute atomic E-state index is 13.1. The zero-order chi connectivity index (χ0) is 31.5. The molecule has 1 aromatic carbocycles. The molecule has 2 aromatic heterocycles. The van der Waals surface area contributed by atoms with Crippen LogP contribution in [-0.4, -0.2) is 85.1 Å². The van der Waals surface area contributed by atoms with Crippen molar-refractivity contribution in [1.82, 2.24) is 45.2 Å². The maximum Gasteiger partial charge on any atom is 0.326 e. The highest BCUT2D eigenvalue weighted by atomic mass is 16.2. The number of carbonyl (C=O) groups is 4. The Morgan fingerprint density at radius 2 is 1.82 bits per heavy atom. The number of rotatable bonds is 6. The summed E-state index contributed by atoms with van der Waals surface area (Å²) < 4.78 is 3.23. The number of aromatic nitrogens is 5. The summed E-state index contributed by atoms with van der Waals surface area (Å²) >= 11 is 0. The highest BCUT2D eigenvalue weighted by Gasteiger charge is 2.26. The molecule has 4 rings (SSSR count). The van der Waals surface area contributed by atoms with Crippen molar-refractivity contribution in [2.45, 2.75) is 77.9 Å². The van der Waals surface area contributed by atoms with E-state index in [0.29, 0.717) is 94.4 Å². The smallest absolute Gasteiger partial charge is 0.326 e. The fraction of sp³-hybridized carbons (Fsp3) is 0.567. The molecule has 0 unspecified atom stereocenters. The zero-order valence-electron chi connectivity index (χ0n) is 25.5. The lowest BCUT2D eigenvalue weighted by Crippen LogP contribution is -2.50. The first-order chi connectivity index (χ1) is 21.3.